The lowest BCUT2D eigenvalue weighted by Gasteiger charge is -2.31. The zero-order valence-corrected chi connectivity index (χ0v) is 15.2. The van der Waals surface area contributed by atoms with E-state index in [0.29, 0.717) is 12.3 Å². The van der Waals surface area contributed by atoms with Gasteiger partial charge in [-0.2, -0.15) is 0 Å². The van der Waals surface area contributed by atoms with Crippen LogP contribution < -0.4 is 11.1 Å². The summed E-state index contributed by atoms with van der Waals surface area (Å²) in [5, 5.41) is 2.61. The van der Waals surface area contributed by atoms with Gasteiger partial charge in [-0.15, -0.1) is 0 Å². The number of nitrogens with two attached hydrogens (primary N) is 1. The van der Waals surface area contributed by atoms with Gasteiger partial charge in [0.2, 0.25) is 0 Å². The fourth-order valence-corrected chi connectivity index (χ4v) is 2.45. The first-order chi connectivity index (χ1) is 11.7. The van der Waals surface area contributed by atoms with Crippen LogP contribution in [-0.2, 0) is 20.9 Å². The molecule has 138 valence electrons. The topological polar surface area (TPSA) is 90.6 Å². The summed E-state index contributed by atoms with van der Waals surface area (Å²) >= 11 is 0. The fraction of sp³-hybridized carbons (Fsp3) is 0.579. The number of esters is 1. The van der Waals surface area contributed by atoms with Gasteiger partial charge in [0.05, 0.1) is 0 Å². The molecule has 0 aliphatic heterocycles. The Kier molecular flexibility index (Phi) is 6.06. The second kappa shape index (κ2) is 7.87. The number of carbonyl (C=O) groups excluding carboxylic acids is 2. The lowest BCUT2D eigenvalue weighted by atomic mass is 9.93. The van der Waals surface area contributed by atoms with Crippen molar-refractivity contribution < 1.29 is 19.1 Å². The molecule has 1 fully saturated rings. The largest absolute Gasteiger partial charge is 0.459 e. The van der Waals surface area contributed by atoms with Crippen molar-refractivity contribution in [2.75, 3.05) is 6.54 Å². The van der Waals surface area contributed by atoms with Crippen LogP contribution in [0, 0.1) is 5.92 Å². The Bertz CT molecular complexity index is 593. The highest BCUT2D eigenvalue weighted by Gasteiger charge is 2.42. The van der Waals surface area contributed by atoms with Gasteiger partial charge in [-0.05, 0) is 38.7 Å². The third-order valence-corrected chi connectivity index (χ3v) is 3.92. The highest BCUT2D eigenvalue weighted by molar-refractivity contribution is 5.82. The monoisotopic (exact) mass is 348 g/mol. The number of ether oxygens (including phenoxy) is 2. The molecule has 1 atom stereocenters. The fourth-order valence-electron chi connectivity index (χ4n) is 2.45. The van der Waals surface area contributed by atoms with Crippen molar-refractivity contribution in [2.45, 2.75) is 57.8 Å². The Labute approximate surface area is 149 Å². The van der Waals surface area contributed by atoms with Crippen LogP contribution >= 0.6 is 0 Å². The zero-order chi connectivity index (χ0) is 18.5. The van der Waals surface area contributed by atoms with Crippen LogP contribution in [0.2, 0.25) is 0 Å². The highest BCUT2D eigenvalue weighted by Crippen LogP contribution is 2.36. The van der Waals surface area contributed by atoms with Crippen molar-refractivity contribution >= 4 is 12.1 Å². The number of alkyl carbamates (subject to hydrolysis) is 1. The Morgan fingerprint density at radius 2 is 1.84 bits per heavy atom. The minimum atomic E-state index is -1.24. The summed E-state index contributed by atoms with van der Waals surface area (Å²) in [4.78, 5) is 24.4. The van der Waals surface area contributed by atoms with Gasteiger partial charge in [0.15, 0.2) is 0 Å². The minimum Gasteiger partial charge on any atom is -0.459 e. The van der Waals surface area contributed by atoms with E-state index in [1.807, 2.05) is 30.3 Å². The molecular weight excluding hydrogens is 320 g/mol. The Balaban J connectivity index is 1.87. The number of benzene rings is 1. The molecule has 6 heteroatoms. The summed E-state index contributed by atoms with van der Waals surface area (Å²) < 4.78 is 10.6. The molecule has 0 saturated heterocycles. The molecule has 0 spiro atoms. The molecular formula is C19H28N2O4. The smallest absolute Gasteiger partial charge is 0.407 e. The summed E-state index contributed by atoms with van der Waals surface area (Å²) in [6.07, 6.45) is 2.01. The molecule has 0 bridgehead atoms. The van der Waals surface area contributed by atoms with Gasteiger partial charge >= 0.3 is 12.1 Å². The van der Waals surface area contributed by atoms with Crippen LogP contribution in [-0.4, -0.2) is 29.7 Å². The SMILES string of the molecule is CC(C)(C)OC(=O)[C@](N)(CNC(=O)OCc1ccccc1)CC1CC1. The van der Waals surface area contributed by atoms with Gasteiger partial charge < -0.3 is 20.5 Å². The quantitative estimate of drug-likeness (QED) is 0.740. The first-order valence-corrected chi connectivity index (χ1v) is 8.65. The van der Waals surface area contributed by atoms with Crippen molar-refractivity contribution in [3.05, 3.63) is 35.9 Å². The standard InChI is InChI=1S/C19H28N2O4/c1-18(2,3)25-16(22)19(20,11-14-9-10-14)13-21-17(23)24-12-15-7-5-4-6-8-15/h4-8,14H,9-13,20H2,1-3H3,(H,21,23)/t19-/m1/s1. The zero-order valence-electron chi connectivity index (χ0n) is 15.2. The number of hydrogen-bond donors (Lipinski definition) is 2. The molecule has 6 nitrogen and oxygen atoms in total. The maximum Gasteiger partial charge on any atom is 0.407 e. The third kappa shape index (κ3) is 6.74. The minimum absolute atomic E-state index is 0.00790. The predicted octanol–water partition coefficient (Wildman–Crippen LogP) is 2.75. The number of nitrogens with one attached hydrogen (secondary N) is 1. The molecule has 1 aromatic carbocycles. The predicted molar refractivity (Wildman–Crippen MR) is 94.7 cm³/mol. The van der Waals surface area contributed by atoms with Crippen LogP contribution in [0.3, 0.4) is 0 Å². The normalized spacial score (nSPS) is 16.6. The highest BCUT2D eigenvalue weighted by atomic mass is 16.6. The molecule has 0 heterocycles. The molecule has 2 rings (SSSR count). The third-order valence-electron chi connectivity index (χ3n) is 3.92. The van der Waals surface area contributed by atoms with E-state index in [9.17, 15) is 9.59 Å². The molecule has 0 radical (unpaired) electrons. The summed E-state index contributed by atoms with van der Waals surface area (Å²) in [7, 11) is 0. The van der Waals surface area contributed by atoms with Gasteiger partial charge in [-0.1, -0.05) is 43.2 Å². The van der Waals surface area contributed by atoms with Crippen LogP contribution in [0.1, 0.15) is 45.6 Å². The average Bonchev–Trinajstić information content (AvgIpc) is 3.34. The van der Waals surface area contributed by atoms with Gasteiger partial charge in [-0.25, -0.2) is 9.59 Å². The maximum atomic E-state index is 12.5. The molecule has 1 amide bonds. The van der Waals surface area contributed by atoms with Gasteiger partial charge in [0, 0.05) is 6.54 Å². The average molecular weight is 348 g/mol. The molecule has 25 heavy (non-hydrogen) atoms. The molecule has 0 aromatic heterocycles. The van der Waals surface area contributed by atoms with Crippen LogP contribution in [0.5, 0.6) is 0 Å². The first-order valence-electron chi connectivity index (χ1n) is 8.65. The molecule has 1 aliphatic rings. The van der Waals surface area contributed by atoms with E-state index in [1.54, 1.807) is 20.8 Å². The Morgan fingerprint density at radius 3 is 2.40 bits per heavy atom. The van der Waals surface area contributed by atoms with Gasteiger partial charge in [0.25, 0.3) is 0 Å². The Hall–Kier alpha value is -2.08. The van der Waals surface area contributed by atoms with Crippen molar-refractivity contribution in [1.29, 1.82) is 0 Å². The lowest BCUT2D eigenvalue weighted by molar-refractivity contribution is -0.162. The van der Waals surface area contributed by atoms with E-state index in [1.165, 1.54) is 0 Å². The first kappa shape index (κ1) is 19.2. The maximum absolute atomic E-state index is 12.5. The molecule has 1 saturated carbocycles. The summed E-state index contributed by atoms with van der Waals surface area (Å²) in [5.41, 5.74) is 5.33. The van der Waals surface area contributed by atoms with E-state index in [4.69, 9.17) is 15.2 Å². The molecule has 3 N–H and O–H groups in total. The van der Waals surface area contributed by atoms with Crippen molar-refractivity contribution in [2.24, 2.45) is 11.7 Å². The van der Waals surface area contributed by atoms with Crippen LogP contribution in [0.4, 0.5) is 4.79 Å². The van der Waals surface area contributed by atoms with E-state index in [2.05, 4.69) is 5.32 Å². The number of hydrogen-bond acceptors (Lipinski definition) is 5. The van der Waals surface area contributed by atoms with Gasteiger partial charge in [0.1, 0.15) is 17.7 Å². The summed E-state index contributed by atoms with van der Waals surface area (Å²) in [5.74, 6) is -0.0742. The Morgan fingerprint density at radius 1 is 1.20 bits per heavy atom. The molecule has 1 aliphatic carbocycles. The summed E-state index contributed by atoms with van der Waals surface area (Å²) in [6, 6.07) is 9.38. The van der Waals surface area contributed by atoms with E-state index >= 15 is 0 Å². The molecule has 0 unspecified atom stereocenters. The van der Waals surface area contributed by atoms with Crippen molar-refractivity contribution in [1.82, 2.24) is 5.32 Å². The number of amides is 1. The van der Waals surface area contributed by atoms with E-state index in [-0.39, 0.29) is 13.2 Å². The van der Waals surface area contributed by atoms with Crippen molar-refractivity contribution in [3.63, 3.8) is 0 Å². The number of carbonyl (C=O) groups is 2. The van der Waals surface area contributed by atoms with E-state index in [0.717, 1.165) is 18.4 Å². The second-order valence-electron chi connectivity index (χ2n) is 7.72. The second-order valence-corrected chi connectivity index (χ2v) is 7.72. The van der Waals surface area contributed by atoms with Crippen molar-refractivity contribution in [3.8, 4) is 0 Å². The van der Waals surface area contributed by atoms with E-state index < -0.39 is 23.2 Å². The summed E-state index contributed by atoms with van der Waals surface area (Å²) in [6.45, 7) is 5.54. The van der Waals surface area contributed by atoms with Crippen LogP contribution in [0.25, 0.3) is 0 Å². The van der Waals surface area contributed by atoms with Gasteiger partial charge in [-0.3, -0.25) is 0 Å². The lowest BCUT2D eigenvalue weighted by Crippen LogP contribution is -2.58. The molecule has 1 aromatic rings. The number of rotatable bonds is 7. The van der Waals surface area contributed by atoms with Crippen LogP contribution in [0.15, 0.2) is 30.3 Å².